The lowest BCUT2D eigenvalue weighted by atomic mass is 9.99. The van der Waals surface area contributed by atoms with Crippen LogP contribution in [0, 0.1) is 0 Å². The van der Waals surface area contributed by atoms with Gasteiger partial charge < -0.3 is 9.05 Å². The van der Waals surface area contributed by atoms with Gasteiger partial charge >= 0.3 is 15.6 Å². The first-order valence-electron chi connectivity index (χ1n) is 8.53. The van der Waals surface area contributed by atoms with Gasteiger partial charge in [0.25, 0.3) is 0 Å². The smallest absolute Gasteiger partial charge is 0.404 e. The Balaban J connectivity index is 2.24. The topological polar surface area (TPSA) is 168 Å². The number of ketones is 2. The van der Waals surface area contributed by atoms with Gasteiger partial charge in [0.15, 0.2) is 0 Å². The molecule has 30 heavy (non-hydrogen) atoms. The van der Waals surface area contributed by atoms with Crippen LogP contribution in [0.2, 0.25) is 0 Å². The summed E-state index contributed by atoms with van der Waals surface area (Å²) in [6.07, 6.45) is -0.395. The first-order valence-corrected chi connectivity index (χ1v) is 11.6. The Morgan fingerprint density at radius 3 is 1.97 bits per heavy atom. The molecule has 0 saturated heterocycles. The zero-order chi connectivity index (χ0) is 22.5. The van der Waals surface area contributed by atoms with Gasteiger partial charge in [-0.25, -0.2) is 9.13 Å². The molecule has 2 rings (SSSR count). The van der Waals surface area contributed by atoms with Crippen LogP contribution in [0.3, 0.4) is 0 Å². The molecule has 162 valence electrons. The summed E-state index contributed by atoms with van der Waals surface area (Å²) >= 11 is 0. The summed E-state index contributed by atoms with van der Waals surface area (Å²) in [5.74, 6) is -0.867. The van der Waals surface area contributed by atoms with Crippen LogP contribution in [0.25, 0.3) is 0 Å². The van der Waals surface area contributed by atoms with Crippen LogP contribution in [0.4, 0.5) is 0 Å². The molecule has 2 aromatic rings. The van der Waals surface area contributed by atoms with Crippen LogP contribution in [-0.4, -0.2) is 31.1 Å². The van der Waals surface area contributed by atoms with Gasteiger partial charge in [0.1, 0.15) is 23.1 Å². The van der Waals surface area contributed by atoms with Crippen LogP contribution >= 0.6 is 15.6 Å². The molecular weight excluding hydrogens is 438 g/mol. The number of phosphoric ester groups is 2. The van der Waals surface area contributed by atoms with E-state index in [0.29, 0.717) is 11.1 Å². The minimum absolute atomic E-state index is 0.0154. The summed E-state index contributed by atoms with van der Waals surface area (Å²) < 4.78 is 31.4. The zero-order valence-electron chi connectivity index (χ0n) is 15.8. The fourth-order valence-electron chi connectivity index (χ4n) is 2.78. The highest BCUT2D eigenvalue weighted by atomic mass is 31.2. The van der Waals surface area contributed by atoms with Crippen molar-refractivity contribution in [2.75, 3.05) is 0 Å². The number of benzene rings is 2. The van der Waals surface area contributed by atoms with Crippen molar-refractivity contribution in [1.82, 2.24) is 0 Å². The summed E-state index contributed by atoms with van der Waals surface area (Å²) in [6.45, 7) is 1.35. The normalized spacial score (nSPS) is 11.8. The molecule has 0 unspecified atom stereocenters. The molecule has 0 fully saturated rings. The van der Waals surface area contributed by atoms with Crippen molar-refractivity contribution in [3.8, 4) is 11.5 Å². The van der Waals surface area contributed by atoms with Crippen molar-refractivity contribution in [3.63, 3.8) is 0 Å². The van der Waals surface area contributed by atoms with E-state index in [1.165, 1.54) is 37.3 Å². The van der Waals surface area contributed by atoms with Gasteiger partial charge in [0.05, 0.1) is 0 Å². The number of Topliss-reactive ketones (excluding diaryl/α,β-unsaturated/α-hetero) is 2. The summed E-state index contributed by atoms with van der Waals surface area (Å²) in [5.41, 5.74) is 1.04. The third kappa shape index (κ3) is 8.59. The van der Waals surface area contributed by atoms with Gasteiger partial charge in [0.2, 0.25) is 0 Å². The van der Waals surface area contributed by atoms with Gasteiger partial charge in [-0.05, 0) is 36.2 Å². The van der Waals surface area contributed by atoms with Crippen LogP contribution < -0.4 is 9.05 Å². The van der Waals surface area contributed by atoms with Gasteiger partial charge in [-0.15, -0.1) is 0 Å². The molecule has 0 saturated carbocycles. The fraction of sp³-hybridized carbons (Fsp3) is 0.222. The minimum atomic E-state index is -4.84. The maximum Gasteiger partial charge on any atom is 0.524 e. The molecule has 0 aliphatic rings. The van der Waals surface area contributed by atoms with E-state index in [0.717, 1.165) is 0 Å². The molecule has 0 aliphatic heterocycles. The predicted molar refractivity (Wildman–Crippen MR) is 105 cm³/mol. The van der Waals surface area contributed by atoms with E-state index in [2.05, 4.69) is 9.05 Å². The average Bonchev–Trinajstić information content (AvgIpc) is 2.52. The molecule has 4 N–H and O–H groups in total. The number of rotatable bonds is 10. The van der Waals surface area contributed by atoms with E-state index in [1.807, 2.05) is 0 Å². The third-order valence-corrected chi connectivity index (χ3v) is 4.57. The second kappa shape index (κ2) is 9.66. The van der Waals surface area contributed by atoms with Crippen LogP contribution in [0.15, 0.2) is 42.5 Å². The Morgan fingerprint density at radius 1 is 0.833 bits per heavy atom. The highest BCUT2D eigenvalue weighted by Gasteiger charge is 2.20. The second-order valence-electron chi connectivity index (χ2n) is 6.53. The zero-order valence-corrected chi connectivity index (χ0v) is 17.6. The summed E-state index contributed by atoms with van der Waals surface area (Å²) in [6, 6.07) is 10.0. The number of phosphoric acid groups is 2. The molecule has 0 heterocycles. The molecule has 0 atom stereocenters. The molecule has 12 heteroatoms. The maximum absolute atomic E-state index is 12.5. The van der Waals surface area contributed by atoms with E-state index >= 15 is 0 Å². The fourth-order valence-corrected chi connectivity index (χ4v) is 3.59. The number of hydrogen-bond donors (Lipinski definition) is 4. The van der Waals surface area contributed by atoms with Gasteiger partial charge in [-0.1, -0.05) is 24.3 Å². The van der Waals surface area contributed by atoms with Gasteiger partial charge in [-0.3, -0.25) is 29.2 Å². The summed E-state index contributed by atoms with van der Waals surface area (Å²) in [7, 11) is -9.64. The Hall–Kier alpha value is -2.32. The lowest BCUT2D eigenvalue weighted by molar-refractivity contribution is -0.118. The van der Waals surface area contributed by atoms with Gasteiger partial charge in [-0.2, -0.15) is 0 Å². The highest BCUT2D eigenvalue weighted by molar-refractivity contribution is 7.47. The summed E-state index contributed by atoms with van der Waals surface area (Å²) in [4.78, 5) is 59.9. The molecule has 2 aromatic carbocycles. The predicted octanol–water partition coefficient (Wildman–Crippen LogP) is 2.12. The van der Waals surface area contributed by atoms with Crippen LogP contribution in [-0.2, 0) is 38.0 Å². The highest BCUT2D eigenvalue weighted by Crippen LogP contribution is 2.40. The van der Waals surface area contributed by atoms with Crippen molar-refractivity contribution in [1.29, 1.82) is 0 Å². The average molecular weight is 458 g/mol. The van der Waals surface area contributed by atoms with E-state index in [9.17, 15) is 18.7 Å². The largest absolute Gasteiger partial charge is 0.524 e. The molecule has 0 bridgehead atoms. The van der Waals surface area contributed by atoms with Crippen molar-refractivity contribution in [2.45, 2.75) is 26.2 Å². The standard InChI is InChI=1S/C18H20O10P2/c1-12(19)6-13-7-14(10-17(9-13)27-29(21,22)23)8-16(20)11-15-4-2-3-5-18(15)28-30(24,25)26/h2-5,7,9-10H,6,8,11H2,1H3,(H2,21,22,23)(H2,24,25,26). The van der Waals surface area contributed by atoms with Crippen molar-refractivity contribution >= 4 is 27.2 Å². The van der Waals surface area contributed by atoms with E-state index in [4.69, 9.17) is 19.6 Å². The number of hydrogen-bond acceptors (Lipinski definition) is 6. The lowest BCUT2D eigenvalue weighted by Gasteiger charge is -2.13. The van der Waals surface area contributed by atoms with Gasteiger partial charge in [0, 0.05) is 24.8 Å². The lowest BCUT2D eigenvalue weighted by Crippen LogP contribution is -2.09. The Kier molecular flexibility index (Phi) is 7.71. The van der Waals surface area contributed by atoms with Crippen molar-refractivity contribution in [3.05, 3.63) is 59.2 Å². The quantitative estimate of drug-likeness (QED) is 0.387. The SMILES string of the molecule is CC(=O)Cc1cc(CC(=O)Cc2ccccc2OP(=O)(O)O)cc(OP(=O)(O)O)c1. The summed E-state index contributed by atoms with van der Waals surface area (Å²) in [5, 5.41) is 0. The van der Waals surface area contributed by atoms with Crippen molar-refractivity contribution < 1.29 is 47.3 Å². The monoisotopic (exact) mass is 458 g/mol. The maximum atomic E-state index is 12.5. The van der Waals surface area contributed by atoms with Crippen LogP contribution in [0.5, 0.6) is 11.5 Å². The first kappa shape index (κ1) is 24.0. The molecule has 0 aromatic heterocycles. The molecule has 0 amide bonds. The first-order chi connectivity index (χ1) is 13.8. The van der Waals surface area contributed by atoms with E-state index in [1.54, 1.807) is 12.1 Å². The number of carbonyl (C=O) groups is 2. The minimum Gasteiger partial charge on any atom is -0.404 e. The Morgan fingerprint density at radius 2 is 1.40 bits per heavy atom. The second-order valence-corrected chi connectivity index (χ2v) is 8.86. The molecule has 10 nitrogen and oxygen atoms in total. The number of para-hydroxylation sites is 1. The van der Waals surface area contributed by atoms with E-state index in [-0.39, 0.29) is 47.9 Å². The van der Waals surface area contributed by atoms with Crippen molar-refractivity contribution in [2.24, 2.45) is 0 Å². The van der Waals surface area contributed by atoms with Crippen LogP contribution in [0.1, 0.15) is 23.6 Å². The molecule has 0 radical (unpaired) electrons. The molecular formula is C18H20O10P2. The Bertz CT molecular complexity index is 1040. The van der Waals surface area contributed by atoms with E-state index < -0.39 is 15.6 Å². The molecule has 0 spiro atoms. The Labute approximate surface area is 172 Å². The molecule has 0 aliphatic carbocycles. The third-order valence-electron chi connectivity index (χ3n) is 3.68. The number of carbonyl (C=O) groups excluding carboxylic acids is 2.